The first-order chi connectivity index (χ1) is 17.6. The fourth-order valence-corrected chi connectivity index (χ4v) is 5.87. The molecule has 1 aromatic heterocycles. The van der Waals surface area contributed by atoms with Gasteiger partial charge in [-0.1, -0.05) is 88.7 Å². The first-order valence-corrected chi connectivity index (χ1v) is 13.2. The van der Waals surface area contributed by atoms with Gasteiger partial charge < -0.3 is 4.57 Å². The van der Waals surface area contributed by atoms with Crippen molar-refractivity contribution in [3.05, 3.63) is 123 Å². The molecule has 1 aliphatic heterocycles. The Kier molecular flexibility index (Phi) is 5.99. The molecular formula is C30H21BrN2O2S. The van der Waals surface area contributed by atoms with Crippen molar-refractivity contribution in [3.8, 4) is 0 Å². The van der Waals surface area contributed by atoms with E-state index in [0.29, 0.717) is 11.4 Å². The molecule has 4 aromatic carbocycles. The Balaban J connectivity index is 1.32. The van der Waals surface area contributed by atoms with E-state index in [1.54, 1.807) is 0 Å². The maximum atomic E-state index is 13.2. The quantitative estimate of drug-likeness (QED) is 0.208. The molecule has 5 aromatic rings. The second kappa shape index (κ2) is 9.45. The summed E-state index contributed by atoms with van der Waals surface area (Å²) >= 11 is 4.51. The van der Waals surface area contributed by atoms with Gasteiger partial charge in [0, 0.05) is 33.7 Å². The minimum Gasteiger partial charge on any atom is -0.342 e. The van der Waals surface area contributed by atoms with E-state index in [9.17, 15) is 9.59 Å². The lowest BCUT2D eigenvalue weighted by Crippen LogP contribution is -2.27. The Labute approximate surface area is 221 Å². The molecule has 0 unspecified atom stereocenters. The van der Waals surface area contributed by atoms with Crippen molar-refractivity contribution < 1.29 is 9.59 Å². The molecule has 6 rings (SSSR count). The van der Waals surface area contributed by atoms with Gasteiger partial charge in [0.15, 0.2) is 0 Å². The SMILES string of the molecule is O=C1S/C(=C\c2cn(Cc3ccc4ccccc4c3)c3ccccc23)C(=O)N1Cc1ccccc1Br. The molecule has 0 saturated carbocycles. The number of carbonyl (C=O) groups is 2. The average Bonchev–Trinajstić information content (AvgIpc) is 3.37. The Morgan fingerprint density at radius 2 is 1.56 bits per heavy atom. The average molecular weight is 553 g/mol. The Morgan fingerprint density at radius 1 is 0.806 bits per heavy atom. The summed E-state index contributed by atoms with van der Waals surface area (Å²) in [5.74, 6) is -0.257. The molecule has 2 amide bonds. The zero-order valence-corrected chi connectivity index (χ0v) is 21.6. The highest BCUT2D eigenvalue weighted by Gasteiger charge is 2.35. The van der Waals surface area contributed by atoms with Gasteiger partial charge in [-0.25, -0.2) is 0 Å². The van der Waals surface area contributed by atoms with E-state index in [4.69, 9.17) is 0 Å². The van der Waals surface area contributed by atoms with Gasteiger partial charge in [-0.05, 0) is 57.9 Å². The van der Waals surface area contributed by atoms with Crippen LogP contribution in [0.4, 0.5) is 4.79 Å². The number of rotatable bonds is 5. The van der Waals surface area contributed by atoms with Gasteiger partial charge in [-0.15, -0.1) is 0 Å². The fraction of sp³-hybridized carbons (Fsp3) is 0.0667. The number of carbonyl (C=O) groups excluding carboxylic acids is 2. The third-order valence-electron chi connectivity index (χ3n) is 6.43. The number of aromatic nitrogens is 1. The zero-order chi connectivity index (χ0) is 24.6. The molecule has 0 aliphatic carbocycles. The van der Waals surface area contributed by atoms with Gasteiger partial charge in [0.05, 0.1) is 11.4 Å². The van der Waals surface area contributed by atoms with E-state index in [1.165, 1.54) is 21.2 Å². The number of fused-ring (bicyclic) bond motifs is 2. The normalized spacial score (nSPS) is 15.0. The second-order valence-electron chi connectivity index (χ2n) is 8.77. The van der Waals surface area contributed by atoms with Crippen LogP contribution in [0.5, 0.6) is 0 Å². The van der Waals surface area contributed by atoms with Crippen LogP contribution in [0.1, 0.15) is 16.7 Å². The maximum Gasteiger partial charge on any atom is 0.293 e. The number of imide groups is 1. The molecule has 6 heteroatoms. The van der Waals surface area contributed by atoms with E-state index < -0.39 is 0 Å². The number of hydrogen-bond donors (Lipinski definition) is 0. The van der Waals surface area contributed by atoms with Crippen molar-refractivity contribution in [2.45, 2.75) is 13.1 Å². The minimum atomic E-state index is -0.257. The Hall–Kier alpha value is -3.61. The van der Waals surface area contributed by atoms with E-state index in [-0.39, 0.29) is 17.7 Å². The van der Waals surface area contributed by atoms with Crippen LogP contribution in [0.3, 0.4) is 0 Å². The zero-order valence-electron chi connectivity index (χ0n) is 19.2. The van der Waals surface area contributed by atoms with Gasteiger partial charge in [0.25, 0.3) is 11.1 Å². The molecule has 0 atom stereocenters. The minimum absolute atomic E-state index is 0.243. The van der Waals surface area contributed by atoms with Crippen LogP contribution in [0.25, 0.3) is 27.8 Å². The summed E-state index contributed by atoms with van der Waals surface area (Å²) in [7, 11) is 0. The van der Waals surface area contributed by atoms with Gasteiger partial charge in [0.1, 0.15) is 0 Å². The van der Waals surface area contributed by atoms with Crippen molar-refractivity contribution >= 4 is 66.6 Å². The Morgan fingerprint density at radius 3 is 2.42 bits per heavy atom. The van der Waals surface area contributed by atoms with E-state index in [2.05, 4.69) is 75.2 Å². The molecule has 4 nitrogen and oxygen atoms in total. The molecule has 0 bridgehead atoms. The van der Waals surface area contributed by atoms with Crippen LogP contribution in [-0.4, -0.2) is 20.6 Å². The van der Waals surface area contributed by atoms with Crippen LogP contribution in [0.2, 0.25) is 0 Å². The van der Waals surface area contributed by atoms with Gasteiger partial charge in [-0.3, -0.25) is 14.5 Å². The molecule has 1 fully saturated rings. The molecule has 1 aliphatic rings. The molecule has 2 heterocycles. The summed E-state index contributed by atoms with van der Waals surface area (Å²) in [5.41, 5.74) is 4.12. The monoisotopic (exact) mass is 552 g/mol. The standard InChI is InChI=1S/C30H21BrN2O2S/c31-26-11-5-3-9-23(26)19-33-29(34)28(36-30(33)35)16-24-18-32(27-12-6-4-10-25(24)27)17-20-13-14-21-7-1-2-8-22(21)15-20/h1-16,18H,17,19H2/b28-16-. The number of halogens is 1. The topological polar surface area (TPSA) is 42.3 Å². The molecule has 1 saturated heterocycles. The summed E-state index contributed by atoms with van der Waals surface area (Å²) in [5, 5.41) is 3.24. The summed E-state index contributed by atoms with van der Waals surface area (Å²) in [6.45, 7) is 0.954. The molecule has 0 N–H and O–H groups in total. The van der Waals surface area contributed by atoms with Crippen LogP contribution >= 0.6 is 27.7 Å². The number of amides is 2. The molecule has 176 valence electrons. The lowest BCUT2D eigenvalue weighted by Gasteiger charge is -2.13. The Bertz CT molecular complexity index is 1690. The number of thioether (sulfide) groups is 1. The first kappa shape index (κ1) is 22.8. The number of para-hydroxylation sites is 1. The van der Waals surface area contributed by atoms with Crippen LogP contribution in [0.15, 0.2) is 107 Å². The molecule has 0 radical (unpaired) electrons. The van der Waals surface area contributed by atoms with Crippen LogP contribution in [0, 0.1) is 0 Å². The lowest BCUT2D eigenvalue weighted by atomic mass is 10.1. The summed E-state index contributed by atoms with van der Waals surface area (Å²) < 4.78 is 3.08. The van der Waals surface area contributed by atoms with Crippen molar-refractivity contribution in [1.29, 1.82) is 0 Å². The maximum absolute atomic E-state index is 13.2. The number of nitrogens with zero attached hydrogens (tertiary/aromatic N) is 2. The van der Waals surface area contributed by atoms with E-state index in [0.717, 1.165) is 38.3 Å². The van der Waals surface area contributed by atoms with Crippen molar-refractivity contribution in [2.75, 3.05) is 0 Å². The lowest BCUT2D eigenvalue weighted by molar-refractivity contribution is -0.123. The summed E-state index contributed by atoms with van der Waals surface area (Å²) in [6.07, 6.45) is 3.92. The third-order valence-corrected chi connectivity index (χ3v) is 8.11. The molecule has 36 heavy (non-hydrogen) atoms. The predicted octanol–water partition coefficient (Wildman–Crippen LogP) is 7.84. The fourth-order valence-electron chi connectivity index (χ4n) is 4.63. The largest absolute Gasteiger partial charge is 0.342 e. The van der Waals surface area contributed by atoms with Gasteiger partial charge in [-0.2, -0.15) is 0 Å². The van der Waals surface area contributed by atoms with Crippen molar-refractivity contribution in [3.63, 3.8) is 0 Å². The predicted molar refractivity (Wildman–Crippen MR) is 151 cm³/mol. The number of benzene rings is 4. The molecule has 0 spiro atoms. The van der Waals surface area contributed by atoms with Gasteiger partial charge >= 0.3 is 0 Å². The van der Waals surface area contributed by atoms with Crippen molar-refractivity contribution in [2.24, 2.45) is 0 Å². The van der Waals surface area contributed by atoms with Crippen LogP contribution < -0.4 is 0 Å². The summed E-state index contributed by atoms with van der Waals surface area (Å²) in [4.78, 5) is 27.7. The van der Waals surface area contributed by atoms with Crippen LogP contribution in [-0.2, 0) is 17.9 Å². The van der Waals surface area contributed by atoms with E-state index in [1.807, 2.05) is 48.5 Å². The van der Waals surface area contributed by atoms with Crippen molar-refractivity contribution in [1.82, 2.24) is 9.47 Å². The first-order valence-electron chi connectivity index (χ1n) is 11.6. The number of hydrogen-bond acceptors (Lipinski definition) is 3. The highest BCUT2D eigenvalue weighted by molar-refractivity contribution is 9.10. The summed E-state index contributed by atoms with van der Waals surface area (Å²) in [6, 6.07) is 30.7. The second-order valence-corrected chi connectivity index (χ2v) is 10.6. The van der Waals surface area contributed by atoms with Gasteiger partial charge in [0.2, 0.25) is 0 Å². The van der Waals surface area contributed by atoms with E-state index >= 15 is 0 Å². The molecular weight excluding hydrogens is 532 g/mol. The third kappa shape index (κ3) is 4.27. The highest BCUT2D eigenvalue weighted by Crippen LogP contribution is 2.36. The smallest absolute Gasteiger partial charge is 0.293 e. The highest BCUT2D eigenvalue weighted by atomic mass is 79.9.